The van der Waals surface area contributed by atoms with Crippen LogP contribution in [0.1, 0.15) is 29.2 Å². The first-order valence-electron chi connectivity index (χ1n) is 10.8. The van der Waals surface area contributed by atoms with E-state index in [4.69, 9.17) is 32.7 Å². The van der Waals surface area contributed by atoms with Gasteiger partial charge >= 0.3 is 5.97 Å². The van der Waals surface area contributed by atoms with Crippen LogP contribution in [0, 0.1) is 0 Å². The van der Waals surface area contributed by atoms with E-state index >= 15 is 0 Å². The van der Waals surface area contributed by atoms with Crippen LogP contribution in [-0.4, -0.2) is 64.0 Å². The molecule has 2 aromatic heterocycles. The predicted octanol–water partition coefficient (Wildman–Crippen LogP) is 3.20. The number of esters is 1. The van der Waals surface area contributed by atoms with Crippen molar-refractivity contribution in [3.05, 3.63) is 62.4 Å². The summed E-state index contributed by atoms with van der Waals surface area (Å²) in [5.41, 5.74) is 0.880. The van der Waals surface area contributed by atoms with Gasteiger partial charge in [0, 0.05) is 23.8 Å². The van der Waals surface area contributed by atoms with Crippen LogP contribution in [0.4, 0.5) is 11.5 Å². The van der Waals surface area contributed by atoms with Crippen LogP contribution in [0.3, 0.4) is 0 Å². The highest BCUT2D eigenvalue weighted by atomic mass is 79.9. The summed E-state index contributed by atoms with van der Waals surface area (Å²) < 4.78 is 11.0. The van der Waals surface area contributed by atoms with E-state index in [1.54, 1.807) is 45.3 Å². The van der Waals surface area contributed by atoms with Crippen molar-refractivity contribution >= 4 is 62.5 Å². The Morgan fingerprint density at radius 1 is 1.27 bits per heavy atom. The van der Waals surface area contributed by atoms with Crippen LogP contribution < -0.4 is 15.5 Å². The lowest BCUT2D eigenvalue weighted by Gasteiger charge is -2.28. The second kappa shape index (κ2) is 13.1. The second-order valence-corrected chi connectivity index (χ2v) is 9.18. The number of pyridine rings is 1. The minimum atomic E-state index is -1.48. The first-order chi connectivity index (χ1) is 17.6. The van der Waals surface area contributed by atoms with Gasteiger partial charge in [-0.25, -0.2) is 4.98 Å². The molecule has 0 aliphatic carbocycles. The molecule has 3 aromatic rings. The molecule has 0 radical (unpaired) electrons. The van der Waals surface area contributed by atoms with Crippen molar-refractivity contribution < 1.29 is 24.2 Å². The summed E-state index contributed by atoms with van der Waals surface area (Å²) in [7, 11) is 3.19. The highest BCUT2D eigenvalue weighted by Gasteiger charge is 2.24. The van der Waals surface area contributed by atoms with E-state index in [-0.39, 0.29) is 28.5 Å². The van der Waals surface area contributed by atoms with Gasteiger partial charge in [0.2, 0.25) is 6.41 Å². The largest absolute Gasteiger partial charge is 0.460 e. The number of nitrogens with one attached hydrogen (secondary N) is 2. The normalized spacial score (nSPS) is 12.6. The maximum absolute atomic E-state index is 12.7. The van der Waals surface area contributed by atoms with Gasteiger partial charge in [-0.05, 0) is 54.2 Å². The van der Waals surface area contributed by atoms with Gasteiger partial charge in [-0.1, -0.05) is 29.3 Å². The van der Waals surface area contributed by atoms with Crippen LogP contribution in [0.2, 0.25) is 10.0 Å². The van der Waals surface area contributed by atoms with Crippen molar-refractivity contribution in [2.75, 3.05) is 30.9 Å². The number of hydrogen-bond donors (Lipinski definition) is 3. The van der Waals surface area contributed by atoms with Crippen LogP contribution in [0.5, 0.6) is 0 Å². The van der Waals surface area contributed by atoms with E-state index in [0.29, 0.717) is 22.1 Å². The van der Waals surface area contributed by atoms with Gasteiger partial charge in [0.1, 0.15) is 12.4 Å². The number of likely N-dealkylation sites (N-methyl/N-ethyl adjacent to an activating group) is 1. The molecular weight excluding hydrogens is 593 g/mol. The number of benzene rings is 1. The highest BCUT2D eigenvalue weighted by Crippen LogP contribution is 2.27. The summed E-state index contributed by atoms with van der Waals surface area (Å²) in [6.45, 7) is 1.61. The third-order valence-corrected chi connectivity index (χ3v) is 5.95. The fraction of sp³-hybridized carbons (Fsp3) is 0.318. The first kappa shape index (κ1) is 28.8. The quantitative estimate of drug-likeness (QED) is 0.217. The summed E-state index contributed by atoms with van der Waals surface area (Å²) in [6.07, 6.45) is -0.841. The molecule has 3 rings (SSSR count). The monoisotopic (exact) mass is 615 g/mol. The molecule has 2 unspecified atom stereocenters. The molecule has 198 valence electrons. The molecule has 12 nitrogen and oxygen atoms in total. The van der Waals surface area contributed by atoms with Crippen molar-refractivity contribution in [3.8, 4) is 0 Å². The maximum atomic E-state index is 12.7. The number of anilines is 2. The van der Waals surface area contributed by atoms with Crippen molar-refractivity contribution in [1.82, 2.24) is 25.3 Å². The Labute approximate surface area is 231 Å². The molecule has 3 N–H and O–H groups in total. The Kier molecular flexibility index (Phi) is 10.2. The van der Waals surface area contributed by atoms with E-state index in [0.717, 1.165) is 4.80 Å². The SMILES string of the molecule is CNCC(=O)OCc1cccnc1N(C)C(O)OC(C)n1nc(Br)c(C(=O)Nc2ccc(Cl)cc2Cl)n1. The zero-order valence-corrected chi connectivity index (χ0v) is 23.1. The van der Waals surface area contributed by atoms with E-state index in [2.05, 4.69) is 41.7 Å². The molecule has 0 fully saturated rings. The van der Waals surface area contributed by atoms with Gasteiger partial charge in [0.15, 0.2) is 16.5 Å². The smallest absolute Gasteiger partial charge is 0.320 e. The molecule has 15 heteroatoms. The minimum Gasteiger partial charge on any atom is -0.460 e. The number of nitrogens with zero attached hydrogens (tertiary/aromatic N) is 5. The van der Waals surface area contributed by atoms with E-state index in [9.17, 15) is 14.7 Å². The van der Waals surface area contributed by atoms with E-state index in [1.165, 1.54) is 17.2 Å². The van der Waals surface area contributed by atoms with Gasteiger partial charge in [-0.2, -0.15) is 4.80 Å². The standard InChI is InChI=1S/C22H24BrCl2N7O5/c1-12(32-29-18(19(23)30-32)21(34)28-16-7-6-14(24)9-15(16)25)37-22(35)31(3)20-13(5-4-8-27-20)11-36-17(33)10-26-2/h4-9,12,22,26,35H,10-11H2,1-3H3,(H,28,34). The molecule has 0 saturated carbocycles. The molecule has 0 bridgehead atoms. The fourth-order valence-electron chi connectivity index (χ4n) is 3.02. The molecule has 0 spiro atoms. The Hall–Kier alpha value is -2.81. The molecular formula is C22H24BrCl2N7O5. The third-order valence-electron chi connectivity index (χ3n) is 4.87. The number of carbonyl (C=O) groups is 2. The average molecular weight is 617 g/mol. The number of aliphatic hydroxyl groups excluding tert-OH is 1. The molecule has 1 aromatic carbocycles. The second-order valence-electron chi connectivity index (χ2n) is 7.59. The average Bonchev–Trinajstić information content (AvgIpc) is 3.26. The number of ether oxygens (including phenoxy) is 2. The lowest BCUT2D eigenvalue weighted by Crippen LogP contribution is -2.37. The lowest BCUT2D eigenvalue weighted by atomic mass is 10.2. The first-order valence-corrected chi connectivity index (χ1v) is 12.3. The molecule has 37 heavy (non-hydrogen) atoms. The predicted molar refractivity (Wildman–Crippen MR) is 140 cm³/mol. The number of hydrogen-bond acceptors (Lipinski definition) is 10. The Balaban J connectivity index is 1.67. The number of rotatable bonds is 11. The summed E-state index contributed by atoms with van der Waals surface area (Å²) in [4.78, 5) is 31.1. The Bertz CT molecular complexity index is 1260. The van der Waals surface area contributed by atoms with Crippen molar-refractivity contribution in [1.29, 1.82) is 0 Å². The van der Waals surface area contributed by atoms with Gasteiger partial charge < -0.3 is 30.1 Å². The van der Waals surface area contributed by atoms with E-state index in [1.807, 2.05) is 0 Å². The van der Waals surface area contributed by atoms with Crippen molar-refractivity contribution in [2.24, 2.45) is 0 Å². The van der Waals surface area contributed by atoms with Crippen molar-refractivity contribution in [2.45, 2.75) is 26.2 Å². The lowest BCUT2D eigenvalue weighted by molar-refractivity contribution is -0.159. The topological polar surface area (TPSA) is 144 Å². The number of aromatic nitrogens is 4. The highest BCUT2D eigenvalue weighted by molar-refractivity contribution is 9.10. The third kappa shape index (κ3) is 7.60. The number of amides is 1. The molecule has 2 atom stereocenters. The van der Waals surface area contributed by atoms with Gasteiger partial charge in [0.25, 0.3) is 5.91 Å². The van der Waals surface area contributed by atoms with Crippen LogP contribution in [-0.2, 0) is 20.9 Å². The molecule has 1 amide bonds. The molecule has 0 aliphatic rings. The Morgan fingerprint density at radius 3 is 2.73 bits per heavy atom. The number of aliphatic hydroxyl groups is 1. The van der Waals surface area contributed by atoms with Crippen LogP contribution in [0.25, 0.3) is 0 Å². The van der Waals surface area contributed by atoms with Gasteiger partial charge in [0.05, 0.1) is 17.3 Å². The number of halogens is 3. The van der Waals surface area contributed by atoms with Gasteiger partial charge in [-0.3, -0.25) is 9.59 Å². The number of carbonyl (C=O) groups excluding carboxylic acids is 2. The fourth-order valence-corrected chi connectivity index (χ4v) is 3.90. The molecule has 0 aliphatic heterocycles. The zero-order chi connectivity index (χ0) is 27.1. The zero-order valence-electron chi connectivity index (χ0n) is 20.0. The van der Waals surface area contributed by atoms with E-state index < -0.39 is 24.5 Å². The van der Waals surface area contributed by atoms with Gasteiger partial charge in [-0.15, -0.1) is 10.2 Å². The summed E-state index contributed by atoms with van der Waals surface area (Å²) in [6, 6.07) is 8.04. The minimum absolute atomic E-state index is 0.0280. The summed E-state index contributed by atoms with van der Waals surface area (Å²) >= 11 is 15.2. The van der Waals surface area contributed by atoms with Crippen LogP contribution in [0.15, 0.2) is 41.1 Å². The summed E-state index contributed by atoms with van der Waals surface area (Å²) in [5.74, 6) is -0.661. The van der Waals surface area contributed by atoms with Crippen molar-refractivity contribution in [3.63, 3.8) is 0 Å². The molecule has 0 saturated heterocycles. The van der Waals surface area contributed by atoms with Crippen LogP contribution >= 0.6 is 39.1 Å². The summed E-state index contributed by atoms with van der Waals surface area (Å²) in [5, 5.41) is 25.0. The molecule has 2 heterocycles. The Morgan fingerprint density at radius 2 is 2.03 bits per heavy atom. The maximum Gasteiger partial charge on any atom is 0.320 e.